The van der Waals surface area contributed by atoms with Gasteiger partial charge in [-0.15, -0.1) is 0 Å². The molecule has 0 aromatic carbocycles. The van der Waals surface area contributed by atoms with Crippen molar-refractivity contribution in [3.63, 3.8) is 0 Å². The molecule has 0 saturated heterocycles. The molecule has 4 atom stereocenters. The van der Waals surface area contributed by atoms with Crippen LogP contribution in [0.2, 0.25) is 0 Å². The normalized spacial score (nSPS) is 46.2. The third-order valence-electron chi connectivity index (χ3n) is 6.25. The Bertz CT molecular complexity index is 686. The van der Waals surface area contributed by atoms with Gasteiger partial charge in [0, 0.05) is 5.92 Å². The topological polar surface area (TPSA) is 72.8 Å². The van der Waals surface area contributed by atoms with Crippen molar-refractivity contribution in [3.05, 3.63) is 23.8 Å². The van der Waals surface area contributed by atoms with E-state index in [2.05, 4.69) is 12.2 Å². The van der Waals surface area contributed by atoms with Gasteiger partial charge >= 0.3 is 0 Å². The second kappa shape index (κ2) is 4.02. The number of carbonyl (C=O) groups is 2. The first-order valence-electron chi connectivity index (χ1n) is 8.15. The first-order chi connectivity index (χ1) is 10.5. The van der Waals surface area contributed by atoms with Crippen LogP contribution >= 0.6 is 0 Å². The van der Waals surface area contributed by atoms with E-state index in [-0.39, 0.29) is 23.1 Å². The summed E-state index contributed by atoms with van der Waals surface area (Å²) in [5.74, 6) is -2.21. The van der Waals surface area contributed by atoms with Gasteiger partial charge in [-0.1, -0.05) is 12.2 Å². The van der Waals surface area contributed by atoms with E-state index in [9.17, 15) is 14.7 Å². The number of ketones is 2. The Hall–Kier alpha value is -1.30. The van der Waals surface area contributed by atoms with Crippen molar-refractivity contribution in [1.82, 2.24) is 0 Å². The summed E-state index contributed by atoms with van der Waals surface area (Å²) in [4.78, 5) is 36.7. The zero-order valence-electron chi connectivity index (χ0n) is 13.9. The minimum atomic E-state index is -2.03. The number of fused-ring (bicyclic) bond motifs is 4. The van der Waals surface area contributed by atoms with Crippen molar-refractivity contribution in [2.24, 2.45) is 22.7 Å². The van der Waals surface area contributed by atoms with Crippen LogP contribution in [0.4, 0.5) is 0 Å². The summed E-state index contributed by atoms with van der Waals surface area (Å²) in [5, 5.41) is 11.0. The number of allylic oxidation sites excluding steroid dienone is 1. The lowest BCUT2D eigenvalue weighted by Crippen LogP contribution is -2.67. The maximum Gasteiger partial charge on any atom is 0.240 e. The van der Waals surface area contributed by atoms with E-state index in [0.29, 0.717) is 5.92 Å². The van der Waals surface area contributed by atoms with Crippen LogP contribution in [-0.4, -0.2) is 28.1 Å². The zero-order valence-corrected chi connectivity index (χ0v) is 13.9. The largest absolute Gasteiger partial charge is 0.359 e. The van der Waals surface area contributed by atoms with Crippen LogP contribution in [0.1, 0.15) is 40.5 Å². The standard InChI is InChI=1S/C18H22O5/c1-15(2)13(19)12-9-17(8-10-5-6-11(17)7-10)22-23-18(12,21)16(3,4)14(15)20/h5-6,9-11,21H,7-8H2,1-4H3/t10-,11+,17+,18+/m1/s1. The SMILES string of the molecule is CC1(C)C(=O)C2=C[C@]3(C[C@@H]4C=C[C@H]3C4)OO[C@]2(O)C(C)(C)C1=O. The van der Waals surface area contributed by atoms with Crippen molar-refractivity contribution < 1.29 is 24.5 Å². The van der Waals surface area contributed by atoms with Crippen molar-refractivity contribution in [3.8, 4) is 0 Å². The van der Waals surface area contributed by atoms with Gasteiger partial charge in [0.2, 0.25) is 5.79 Å². The van der Waals surface area contributed by atoms with E-state index >= 15 is 0 Å². The van der Waals surface area contributed by atoms with E-state index in [1.165, 1.54) is 0 Å². The minimum absolute atomic E-state index is 0.140. The predicted octanol–water partition coefficient (Wildman–Crippen LogP) is 2.10. The molecule has 2 bridgehead atoms. The maximum atomic E-state index is 12.9. The van der Waals surface area contributed by atoms with Crippen LogP contribution in [0.25, 0.3) is 0 Å². The number of aliphatic hydroxyl groups is 1. The molecule has 1 spiro atoms. The lowest BCUT2D eigenvalue weighted by atomic mass is 9.57. The fraction of sp³-hybridized carbons (Fsp3) is 0.667. The monoisotopic (exact) mass is 318 g/mol. The highest BCUT2D eigenvalue weighted by atomic mass is 17.2. The Morgan fingerprint density at radius 1 is 1.13 bits per heavy atom. The Morgan fingerprint density at radius 2 is 1.83 bits per heavy atom. The van der Waals surface area contributed by atoms with Crippen LogP contribution in [0.15, 0.2) is 23.8 Å². The van der Waals surface area contributed by atoms with Crippen LogP contribution in [0, 0.1) is 22.7 Å². The smallest absolute Gasteiger partial charge is 0.240 e. The van der Waals surface area contributed by atoms with Crippen LogP contribution in [0.3, 0.4) is 0 Å². The molecule has 0 aromatic rings. The number of rotatable bonds is 0. The molecule has 2 saturated carbocycles. The quantitative estimate of drug-likeness (QED) is 0.421. The molecule has 0 unspecified atom stereocenters. The van der Waals surface area contributed by atoms with Crippen molar-refractivity contribution in [1.29, 1.82) is 0 Å². The fourth-order valence-electron chi connectivity index (χ4n) is 4.70. The summed E-state index contributed by atoms with van der Waals surface area (Å²) in [6.45, 7) is 6.42. The first-order valence-corrected chi connectivity index (χ1v) is 8.15. The molecule has 4 aliphatic rings. The van der Waals surface area contributed by atoms with Gasteiger partial charge in [0.25, 0.3) is 0 Å². The third-order valence-corrected chi connectivity index (χ3v) is 6.25. The number of hydrogen-bond donors (Lipinski definition) is 1. The Kier molecular flexibility index (Phi) is 2.66. The number of carbonyl (C=O) groups excluding carboxylic acids is 2. The van der Waals surface area contributed by atoms with Crippen molar-refractivity contribution in [2.75, 3.05) is 0 Å². The molecule has 2 fully saturated rings. The van der Waals surface area contributed by atoms with E-state index < -0.39 is 22.2 Å². The van der Waals surface area contributed by atoms with E-state index in [1.54, 1.807) is 33.8 Å². The summed E-state index contributed by atoms with van der Waals surface area (Å²) < 4.78 is 0. The highest BCUT2D eigenvalue weighted by Gasteiger charge is 2.69. The molecule has 1 heterocycles. The third kappa shape index (κ3) is 1.58. The van der Waals surface area contributed by atoms with Crippen LogP contribution in [-0.2, 0) is 19.4 Å². The lowest BCUT2D eigenvalue weighted by molar-refractivity contribution is -0.469. The summed E-state index contributed by atoms with van der Waals surface area (Å²) >= 11 is 0. The second-order valence-corrected chi connectivity index (χ2v) is 8.42. The zero-order chi connectivity index (χ0) is 16.8. The first kappa shape index (κ1) is 15.2. The van der Waals surface area contributed by atoms with E-state index in [1.807, 2.05) is 0 Å². The highest BCUT2D eigenvalue weighted by Crippen LogP contribution is 2.58. The molecule has 1 aliphatic heterocycles. The maximum absolute atomic E-state index is 12.9. The van der Waals surface area contributed by atoms with Gasteiger partial charge in [0.1, 0.15) is 5.60 Å². The second-order valence-electron chi connectivity index (χ2n) is 8.42. The average Bonchev–Trinajstić information content (AvgIpc) is 3.08. The lowest BCUT2D eigenvalue weighted by Gasteiger charge is -2.53. The molecule has 23 heavy (non-hydrogen) atoms. The van der Waals surface area contributed by atoms with Gasteiger partial charge in [-0.05, 0) is 52.5 Å². The van der Waals surface area contributed by atoms with Gasteiger partial charge in [0.15, 0.2) is 11.6 Å². The molecular formula is C18H22O5. The number of Topliss-reactive ketones (excluding diaryl/α,β-unsaturated/α-hetero) is 2. The molecule has 0 aromatic heterocycles. The summed E-state index contributed by atoms with van der Waals surface area (Å²) in [5.41, 5.74) is -3.00. The predicted molar refractivity (Wildman–Crippen MR) is 80.9 cm³/mol. The Balaban J connectivity index is 1.89. The molecule has 5 heteroatoms. The summed E-state index contributed by atoms with van der Waals surface area (Å²) in [7, 11) is 0. The van der Waals surface area contributed by atoms with Crippen LogP contribution in [0.5, 0.6) is 0 Å². The molecular weight excluding hydrogens is 296 g/mol. The van der Waals surface area contributed by atoms with E-state index in [4.69, 9.17) is 9.78 Å². The summed E-state index contributed by atoms with van der Waals surface area (Å²) in [6.07, 6.45) is 7.69. The molecule has 1 N–H and O–H groups in total. The van der Waals surface area contributed by atoms with Crippen molar-refractivity contribution in [2.45, 2.75) is 51.9 Å². The van der Waals surface area contributed by atoms with Gasteiger partial charge in [-0.2, -0.15) is 4.89 Å². The molecule has 4 rings (SSSR count). The molecule has 0 radical (unpaired) electrons. The molecule has 0 amide bonds. The molecule has 5 nitrogen and oxygen atoms in total. The molecule has 124 valence electrons. The van der Waals surface area contributed by atoms with Crippen LogP contribution < -0.4 is 0 Å². The highest BCUT2D eigenvalue weighted by molar-refractivity contribution is 6.19. The summed E-state index contributed by atoms with van der Waals surface area (Å²) in [6, 6.07) is 0. The fourth-order valence-corrected chi connectivity index (χ4v) is 4.70. The van der Waals surface area contributed by atoms with Gasteiger partial charge in [-0.3, -0.25) is 9.59 Å². The van der Waals surface area contributed by atoms with Gasteiger partial charge in [-0.25, -0.2) is 4.89 Å². The van der Waals surface area contributed by atoms with Crippen molar-refractivity contribution >= 4 is 11.6 Å². The Labute approximate surface area is 135 Å². The average molecular weight is 318 g/mol. The number of hydrogen-bond acceptors (Lipinski definition) is 5. The van der Waals surface area contributed by atoms with Gasteiger partial charge < -0.3 is 5.11 Å². The molecule has 3 aliphatic carbocycles. The minimum Gasteiger partial charge on any atom is -0.359 e. The van der Waals surface area contributed by atoms with Gasteiger partial charge in [0.05, 0.1) is 16.4 Å². The Morgan fingerprint density at radius 3 is 2.39 bits per heavy atom. The van der Waals surface area contributed by atoms with E-state index in [0.717, 1.165) is 12.8 Å².